The molecule has 89 heavy (non-hydrogen) atoms. The van der Waals surface area contributed by atoms with Crippen LogP contribution in [0.1, 0.15) is 178 Å². The van der Waals surface area contributed by atoms with Gasteiger partial charge in [0.25, 0.3) is 0 Å². The van der Waals surface area contributed by atoms with Crippen LogP contribution in [0.5, 0.6) is 0 Å². The number of nitrogens with zero attached hydrogens (tertiary/aromatic N) is 3. The first kappa shape index (κ1) is 82.3. The predicted octanol–water partition coefficient (Wildman–Crippen LogP) is 6.13. The number of carbonyl (C=O) groups excluding carboxylic acids is 6. The molecule has 0 unspecified atom stereocenters. The van der Waals surface area contributed by atoms with Crippen molar-refractivity contribution in [3.8, 4) is 0 Å². The van der Waals surface area contributed by atoms with Crippen LogP contribution < -0.4 is 38.1 Å². The largest absolute Gasteiger partial charge is 0.480 e. The van der Waals surface area contributed by atoms with Gasteiger partial charge >= 0.3 is 24.2 Å². The van der Waals surface area contributed by atoms with Gasteiger partial charge in [0.05, 0.1) is 12.6 Å². The molecular formula is C53H88B12N10O11S3. The molecule has 0 aromatic carbocycles. The number of carboxylic acid groups (broad SMARTS) is 1. The minimum atomic E-state index is -0.989. The molecule has 6 rings (SSSR count). The maximum Gasteiger partial charge on any atom is 0.408 e. The Morgan fingerprint density at radius 2 is 0.944 bits per heavy atom. The average Bonchev–Trinajstić information content (AvgIpc) is 4.43. The smallest absolute Gasteiger partial charge is 0.408 e. The van der Waals surface area contributed by atoms with Gasteiger partial charge in [0.1, 0.15) is 35.2 Å². The summed E-state index contributed by atoms with van der Waals surface area (Å²) in [5.41, 5.74) is 9.40. The van der Waals surface area contributed by atoms with Crippen LogP contribution in [0.2, 0.25) is 0 Å². The Labute approximate surface area is 552 Å². The van der Waals surface area contributed by atoms with Crippen molar-refractivity contribution < 1.29 is 52.9 Å². The molecule has 3 aromatic heterocycles. The number of nitrogens with one attached hydrogen (secondary N) is 5. The van der Waals surface area contributed by atoms with E-state index in [9.17, 15) is 38.7 Å². The molecule has 0 spiro atoms. The highest BCUT2D eigenvalue weighted by molar-refractivity contribution is 8.05. The van der Waals surface area contributed by atoms with Gasteiger partial charge in [-0.05, 0) is 99.3 Å². The Kier molecular flexibility index (Phi) is 40.7. The van der Waals surface area contributed by atoms with Crippen LogP contribution >= 0.6 is 34.0 Å². The minimum absolute atomic E-state index is 0.00505. The number of anilines is 3. The maximum absolute atomic E-state index is 12.6. The van der Waals surface area contributed by atoms with E-state index < -0.39 is 91.1 Å². The number of thiazole rings is 3. The SMILES string of the molecule is CC(C)(C)OC(=O)NCC=O.CC(C)(C)OC(=O)N[C@@H](CC1CCCCC1)C(=O)Nc1nccs1.CC(C)(C)OC(=O)N[C@@H](CC1CCCCC1)C(=O)O.N[C@@H](CC1CCCCC1)C(=O)Nc1nccs1.Nc1nccs1.[B]B([B])B([B])B(B([B])[B])B([B])[B]. The molecule has 36 heteroatoms. The second kappa shape index (κ2) is 44.0. The lowest BCUT2D eigenvalue weighted by Gasteiger charge is -2.29. The standard InChI is InChI=1S/C17H27N3O3S.C14H25NO4.C12H19N3OS.C7H13NO3.C3H4N2S.B12/c1-17(2,3)23-16(22)19-13(11-12-7-5-4-6-8-12)14(21)20-15-18-9-10-24-15;1-14(2,3)19-13(18)15-11(12(16)17)9-10-7-5-4-6-8-10;13-10(8-9-4-2-1-3-5-9)11(16)15-12-14-6-7-17-12;1-7(2,3)11-6(10)8-4-5-9;4-3-5-1-2-6-3;1-8(2)11(7)12(9(3)4)10(5)6/h9-10,12-13H,4-8,11H2,1-3H3,(H,19,22)(H,18,20,21);10-11H,4-9H2,1-3H3,(H,15,18)(H,16,17);6-7,9-10H,1-5,8,13H2,(H,14,15,16);5H,4H2,1-3H3,(H,8,10);1-2H,(H2,4,5);/t13-;11-;10-;;;/m000.../s1. The number of amides is 5. The van der Waals surface area contributed by atoms with Gasteiger partial charge in [0.2, 0.25) is 11.8 Å². The third kappa shape index (κ3) is 41.4. The first-order chi connectivity index (χ1) is 41.6. The molecule has 3 fully saturated rings. The van der Waals surface area contributed by atoms with E-state index in [1.54, 1.807) is 86.3 Å². The van der Waals surface area contributed by atoms with Gasteiger partial charge in [-0.2, -0.15) is 0 Å². The van der Waals surface area contributed by atoms with E-state index in [0.717, 1.165) is 44.9 Å². The number of nitrogen functional groups attached to an aromatic ring is 1. The number of aldehydes is 1. The van der Waals surface area contributed by atoms with Crippen LogP contribution in [-0.2, 0) is 33.4 Å². The van der Waals surface area contributed by atoms with Crippen LogP contribution in [0.25, 0.3) is 0 Å². The number of nitrogens with two attached hydrogens (primary N) is 2. The molecule has 5 amide bonds. The summed E-state index contributed by atoms with van der Waals surface area (Å²) in [5.74, 6) is 0.148. The number of carboxylic acids is 1. The van der Waals surface area contributed by atoms with Crippen molar-refractivity contribution in [1.29, 1.82) is 0 Å². The molecule has 21 nitrogen and oxygen atoms in total. The Morgan fingerprint density at radius 1 is 0.573 bits per heavy atom. The number of ether oxygens (including phenoxy) is 3. The van der Waals surface area contributed by atoms with Crippen LogP contribution in [0.15, 0.2) is 34.7 Å². The highest BCUT2D eigenvalue weighted by Gasteiger charge is 2.32. The van der Waals surface area contributed by atoms with Gasteiger partial charge in [0, 0.05) is 121 Å². The summed E-state index contributed by atoms with van der Waals surface area (Å²) in [5, 5.41) is 29.5. The van der Waals surface area contributed by atoms with Crippen LogP contribution in [0.4, 0.5) is 29.8 Å². The van der Waals surface area contributed by atoms with Gasteiger partial charge in [-0.3, -0.25) is 9.59 Å². The number of hydrogen-bond donors (Lipinski definition) is 8. The van der Waals surface area contributed by atoms with E-state index in [0.29, 0.717) is 52.3 Å². The lowest BCUT2D eigenvalue weighted by molar-refractivity contribution is -0.140. The Balaban J connectivity index is 0.000000556. The summed E-state index contributed by atoms with van der Waals surface area (Å²) >= 11 is 4.22. The van der Waals surface area contributed by atoms with E-state index in [1.807, 2.05) is 10.8 Å². The zero-order chi connectivity index (χ0) is 67.3. The van der Waals surface area contributed by atoms with E-state index in [2.05, 4.69) is 41.5 Å². The molecule has 3 aliphatic rings. The quantitative estimate of drug-likeness (QED) is 0.0380. The zero-order valence-corrected chi connectivity index (χ0v) is 56.1. The van der Waals surface area contributed by atoms with E-state index in [4.69, 9.17) is 79.8 Å². The number of aromatic nitrogens is 3. The summed E-state index contributed by atoms with van der Waals surface area (Å²) in [4.78, 5) is 91.6. The topological polar surface area (TPSA) is 318 Å². The summed E-state index contributed by atoms with van der Waals surface area (Å²) < 4.78 is 15.2. The van der Waals surface area contributed by atoms with Crippen molar-refractivity contribution in [3.63, 3.8) is 0 Å². The molecule has 3 saturated carbocycles. The van der Waals surface area contributed by atoms with E-state index in [1.165, 1.54) is 91.8 Å². The molecular weight excluding hydrogens is 1180 g/mol. The number of carbonyl (C=O) groups is 7. The van der Waals surface area contributed by atoms with Gasteiger partial charge in [0.15, 0.2) is 15.4 Å². The molecule has 0 aliphatic heterocycles. The monoisotopic (exact) mass is 1270 g/mol. The third-order valence-electron chi connectivity index (χ3n) is 13.5. The molecule has 14 radical (unpaired) electrons. The second-order valence-corrected chi connectivity index (χ2v) is 27.7. The molecule has 3 aromatic rings. The van der Waals surface area contributed by atoms with Crippen LogP contribution in [0.3, 0.4) is 0 Å². The zero-order valence-electron chi connectivity index (χ0n) is 53.6. The number of rotatable bonds is 19. The number of alkyl carbamates (subject to hydrolysis) is 3. The number of aliphatic carboxylic acids is 1. The number of hydrogen-bond acceptors (Lipinski definition) is 18. The lowest BCUT2D eigenvalue weighted by atomic mass is 8.53. The highest BCUT2D eigenvalue weighted by Crippen LogP contribution is 2.30. The van der Waals surface area contributed by atoms with Crippen molar-refractivity contribution in [2.24, 2.45) is 23.5 Å². The maximum atomic E-state index is 12.6. The fourth-order valence-electron chi connectivity index (χ4n) is 9.41. The molecule has 0 saturated heterocycles. The minimum Gasteiger partial charge on any atom is -0.480 e. The van der Waals surface area contributed by atoms with Gasteiger partial charge in [-0.1, -0.05) is 96.3 Å². The Bertz CT molecular complexity index is 2430. The first-order valence-electron chi connectivity index (χ1n) is 30.3. The Morgan fingerprint density at radius 3 is 1.26 bits per heavy atom. The van der Waals surface area contributed by atoms with E-state index in [-0.39, 0.29) is 18.4 Å². The van der Waals surface area contributed by atoms with Gasteiger partial charge in [-0.25, -0.2) is 34.1 Å². The fourth-order valence-corrected chi connectivity index (χ4v) is 10.9. The first-order valence-corrected chi connectivity index (χ1v) is 33.0. The molecule has 0 bridgehead atoms. The molecule has 3 atom stereocenters. The third-order valence-corrected chi connectivity index (χ3v) is 15.5. The highest BCUT2D eigenvalue weighted by atomic mass is 32.1. The molecule has 10 N–H and O–H groups in total. The van der Waals surface area contributed by atoms with Crippen molar-refractivity contribution in [3.05, 3.63) is 34.7 Å². The van der Waals surface area contributed by atoms with Crippen molar-refractivity contribution in [2.45, 2.75) is 213 Å². The van der Waals surface area contributed by atoms with E-state index >= 15 is 0 Å². The molecule has 470 valence electrons. The van der Waals surface area contributed by atoms with Gasteiger partial charge in [-0.15, -0.1) is 34.0 Å². The summed E-state index contributed by atoms with van der Waals surface area (Å²) in [6.45, 7) is 15.9. The molecule has 3 heterocycles. The summed E-state index contributed by atoms with van der Waals surface area (Å²) in [6, 6.07) is -1.85. The second-order valence-electron chi connectivity index (χ2n) is 25.0. The summed E-state index contributed by atoms with van der Waals surface area (Å²) in [7, 11) is 37.9. The normalized spacial score (nSPS) is 15.3. The fraction of sp³-hybridized carbons (Fsp3) is 0.698. The summed E-state index contributed by atoms with van der Waals surface area (Å²) in [6.07, 6.45) is 20.4. The van der Waals surface area contributed by atoms with Crippen molar-refractivity contribution >= 4 is 178 Å². The van der Waals surface area contributed by atoms with Crippen molar-refractivity contribution in [2.75, 3.05) is 22.9 Å². The average molecular weight is 1270 g/mol. The van der Waals surface area contributed by atoms with Crippen molar-refractivity contribution in [1.82, 2.24) is 30.9 Å². The molecule has 3 aliphatic carbocycles. The predicted molar refractivity (Wildman–Crippen MR) is 373 cm³/mol. The van der Waals surface area contributed by atoms with Crippen LogP contribution in [-0.4, -0.2) is 190 Å². The Hall–Kier alpha value is -4.68. The lowest BCUT2D eigenvalue weighted by Crippen LogP contribution is -2.67. The van der Waals surface area contributed by atoms with Gasteiger partial charge < -0.3 is 62.2 Å². The van der Waals surface area contributed by atoms with Crippen LogP contribution in [0, 0.1) is 17.8 Å².